The average Bonchev–Trinajstić information content (AvgIpc) is 2.77. The molecule has 1 aromatic rings. The predicted molar refractivity (Wildman–Crippen MR) is 62.4 cm³/mol. The van der Waals surface area contributed by atoms with Crippen LogP contribution in [0.4, 0.5) is 0 Å². The third-order valence-electron chi connectivity index (χ3n) is 2.92. The summed E-state index contributed by atoms with van der Waals surface area (Å²) in [4.78, 5) is 17.8. The summed E-state index contributed by atoms with van der Waals surface area (Å²) >= 11 is 0. The van der Waals surface area contributed by atoms with Crippen LogP contribution in [-0.4, -0.2) is 51.2 Å². The monoisotopic (exact) mass is 238 g/mol. The molecule has 0 spiro atoms. The number of amides is 1. The number of piperidine rings is 1. The Morgan fingerprint density at radius 2 is 2.47 bits per heavy atom. The molecule has 1 atom stereocenters. The molecule has 0 radical (unpaired) electrons. The van der Waals surface area contributed by atoms with Crippen molar-refractivity contribution in [3.8, 4) is 0 Å². The van der Waals surface area contributed by atoms with E-state index in [4.69, 9.17) is 5.73 Å². The lowest BCUT2D eigenvalue weighted by Crippen LogP contribution is -2.42. The minimum Gasteiger partial charge on any atom is -0.391 e. The second-order valence-electron chi connectivity index (χ2n) is 4.33. The zero-order valence-corrected chi connectivity index (χ0v) is 9.75. The van der Waals surface area contributed by atoms with Gasteiger partial charge in [0.1, 0.15) is 5.69 Å². The summed E-state index contributed by atoms with van der Waals surface area (Å²) in [6.45, 7) is 2.28. The van der Waals surface area contributed by atoms with Gasteiger partial charge in [-0.3, -0.25) is 4.79 Å². The molecule has 0 aliphatic carbocycles. The molecule has 2 rings (SSSR count). The van der Waals surface area contributed by atoms with Gasteiger partial charge >= 0.3 is 0 Å². The van der Waals surface area contributed by atoms with Crippen LogP contribution >= 0.6 is 0 Å². The number of aliphatic hydroxyl groups is 1. The fraction of sp³-hybridized carbons (Fsp3) is 0.636. The molecule has 6 nitrogen and oxygen atoms in total. The smallest absolute Gasteiger partial charge is 0.274 e. The Bertz CT molecular complexity index is 391. The molecule has 94 valence electrons. The van der Waals surface area contributed by atoms with Crippen molar-refractivity contribution in [2.24, 2.45) is 5.73 Å². The predicted octanol–water partition coefficient (Wildman–Crippen LogP) is -0.561. The van der Waals surface area contributed by atoms with Crippen LogP contribution in [0.15, 0.2) is 12.5 Å². The van der Waals surface area contributed by atoms with Crippen LogP contribution in [-0.2, 0) is 6.54 Å². The molecule has 0 saturated carbocycles. The highest BCUT2D eigenvalue weighted by atomic mass is 16.3. The molecule has 1 aliphatic heterocycles. The fourth-order valence-electron chi connectivity index (χ4n) is 2.04. The second kappa shape index (κ2) is 5.29. The van der Waals surface area contributed by atoms with Gasteiger partial charge in [-0.05, 0) is 12.8 Å². The zero-order valence-electron chi connectivity index (χ0n) is 9.75. The maximum absolute atomic E-state index is 12.1. The molecule has 3 N–H and O–H groups in total. The van der Waals surface area contributed by atoms with Crippen LogP contribution in [0.1, 0.15) is 23.3 Å². The average molecular weight is 238 g/mol. The van der Waals surface area contributed by atoms with Crippen molar-refractivity contribution < 1.29 is 9.90 Å². The first-order valence-corrected chi connectivity index (χ1v) is 5.90. The van der Waals surface area contributed by atoms with Crippen molar-refractivity contribution in [1.82, 2.24) is 14.5 Å². The molecule has 1 saturated heterocycles. The number of carbonyl (C=O) groups is 1. The van der Waals surface area contributed by atoms with E-state index < -0.39 is 6.10 Å². The van der Waals surface area contributed by atoms with Crippen molar-refractivity contribution in [1.29, 1.82) is 0 Å². The van der Waals surface area contributed by atoms with Gasteiger partial charge in [0.25, 0.3) is 5.91 Å². The molecule has 0 bridgehead atoms. The normalized spacial score (nSPS) is 20.6. The number of nitrogens with two attached hydrogens (primary N) is 1. The fourth-order valence-corrected chi connectivity index (χ4v) is 2.04. The Kier molecular flexibility index (Phi) is 3.75. The molecule has 1 aromatic heterocycles. The second-order valence-corrected chi connectivity index (χ2v) is 4.33. The summed E-state index contributed by atoms with van der Waals surface area (Å²) in [7, 11) is 0. The number of imidazole rings is 1. The van der Waals surface area contributed by atoms with E-state index >= 15 is 0 Å². The molecule has 0 aromatic carbocycles. The highest BCUT2D eigenvalue weighted by molar-refractivity contribution is 5.92. The first-order chi connectivity index (χ1) is 8.20. The minimum absolute atomic E-state index is 0.112. The van der Waals surface area contributed by atoms with Crippen LogP contribution in [0.5, 0.6) is 0 Å². The topological polar surface area (TPSA) is 84.4 Å². The van der Waals surface area contributed by atoms with E-state index in [1.54, 1.807) is 22.0 Å². The Morgan fingerprint density at radius 1 is 1.65 bits per heavy atom. The molecule has 1 fully saturated rings. The third kappa shape index (κ3) is 2.83. The van der Waals surface area contributed by atoms with Crippen molar-refractivity contribution in [2.75, 3.05) is 19.6 Å². The summed E-state index contributed by atoms with van der Waals surface area (Å²) in [5.74, 6) is -0.112. The maximum atomic E-state index is 12.1. The summed E-state index contributed by atoms with van der Waals surface area (Å²) in [5, 5.41) is 9.53. The van der Waals surface area contributed by atoms with Crippen molar-refractivity contribution in [2.45, 2.75) is 25.5 Å². The van der Waals surface area contributed by atoms with E-state index in [0.717, 1.165) is 12.8 Å². The van der Waals surface area contributed by atoms with Crippen molar-refractivity contribution in [3.05, 3.63) is 18.2 Å². The summed E-state index contributed by atoms with van der Waals surface area (Å²) in [6.07, 6.45) is 4.53. The number of hydrogen-bond donors (Lipinski definition) is 2. The van der Waals surface area contributed by atoms with Gasteiger partial charge < -0.3 is 20.3 Å². The van der Waals surface area contributed by atoms with E-state index in [2.05, 4.69) is 4.98 Å². The van der Waals surface area contributed by atoms with Crippen LogP contribution in [0, 0.1) is 0 Å². The van der Waals surface area contributed by atoms with Crippen LogP contribution in [0.2, 0.25) is 0 Å². The minimum atomic E-state index is -0.404. The first kappa shape index (κ1) is 12.1. The molecule has 17 heavy (non-hydrogen) atoms. The zero-order chi connectivity index (χ0) is 12.3. The van der Waals surface area contributed by atoms with Gasteiger partial charge in [0.15, 0.2) is 0 Å². The highest BCUT2D eigenvalue weighted by Crippen LogP contribution is 2.12. The number of β-amino-alcohol motifs (C(OH)–C–C–N with tert-alkyl or cyclic N) is 1. The third-order valence-corrected chi connectivity index (χ3v) is 2.92. The van der Waals surface area contributed by atoms with E-state index in [9.17, 15) is 9.90 Å². The SMILES string of the molecule is NCCn1cnc(C(=O)N2CCCC(O)C2)c1. The quantitative estimate of drug-likeness (QED) is 0.739. The number of aliphatic hydroxyl groups excluding tert-OH is 1. The van der Waals surface area contributed by atoms with E-state index in [1.165, 1.54) is 0 Å². The van der Waals surface area contributed by atoms with Gasteiger partial charge in [-0.2, -0.15) is 0 Å². The van der Waals surface area contributed by atoms with Gasteiger partial charge in [0.2, 0.25) is 0 Å². The van der Waals surface area contributed by atoms with E-state index in [1.807, 2.05) is 0 Å². The van der Waals surface area contributed by atoms with E-state index in [0.29, 0.717) is 31.9 Å². The summed E-state index contributed by atoms with van der Waals surface area (Å²) in [6, 6.07) is 0. The first-order valence-electron chi connectivity index (χ1n) is 5.90. The molecular formula is C11H18N4O2. The Balaban J connectivity index is 2.02. The summed E-state index contributed by atoms with van der Waals surface area (Å²) in [5.41, 5.74) is 5.85. The van der Waals surface area contributed by atoms with Gasteiger partial charge in [-0.1, -0.05) is 0 Å². The van der Waals surface area contributed by atoms with Crippen molar-refractivity contribution in [3.63, 3.8) is 0 Å². The standard InChI is InChI=1S/C11H18N4O2/c12-3-5-14-7-10(13-8-14)11(17)15-4-1-2-9(16)6-15/h7-9,16H,1-6,12H2. The Morgan fingerprint density at radius 3 is 3.18 bits per heavy atom. The number of rotatable bonds is 3. The number of hydrogen-bond acceptors (Lipinski definition) is 4. The molecule has 1 unspecified atom stereocenters. The van der Waals surface area contributed by atoms with Gasteiger partial charge in [-0.25, -0.2) is 4.98 Å². The van der Waals surface area contributed by atoms with Gasteiger partial charge in [0, 0.05) is 32.4 Å². The van der Waals surface area contributed by atoms with Crippen molar-refractivity contribution >= 4 is 5.91 Å². The van der Waals surface area contributed by atoms with Crippen LogP contribution in [0.25, 0.3) is 0 Å². The Hall–Kier alpha value is -1.40. The largest absolute Gasteiger partial charge is 0.391 e. The lowest BCUT2D eigenvalue weighted by molar-refractivity contribution is 0.0469. The molecule has 1 amide bonds. The van der Waals surface area contributed by atoms with E-state index in [-0.39, 0.29) is 5.91 Å². The summed E-state index contributed by atoms with van der Waals surface area (Å²) < 4.78 is 1.80. The molecule has 1 aliphatic rings. The lowest BCUT2D eigenvalue weighted by Gasteiger charge is -2.29. The molecule has 2 heterocycles. The van der Waals surface area contributed by atoms with Gasteiger partial charge in [-0.15, -0.1) is 0 Å². The number of carbonyl (C=O) groups excluding carboxylic acids is 1. The van der Waals surface area contributed by atoms with Crippen LogP contribution < -0.4 is 5.73 Å². The number of likely N-dealkylation sites (tertiary alicyclic amines) is 1. The van der Waals surface area contributed by atoms with Crippen LogP contribution in [0.3, 0.4) is 0 Å². The van der Waals surface area contributed by atoms with Gasteiger partial charge in [0.05, 0.1) is 12.4 Å². The maximum Gasteiger partial charge on any atom is 0.274 e. The molecular weight excluding hydrogens is 220 g/mol. The highest BCUT2D eigenvalue weighted by Gasteiger charge is 2.24. The molecule has 6 heteroatoms. The lowest BCUT2D eigenvalue weighted by atomic mass is 10.1. The number of aromatic nitrogens is 2. The Labute approximate surface area is 100 Å². The number of nitrogens with zero attached hydrogens (tertiary/aromatic N) is 3.